The molecule has 1 aliphatic rings. The lowest BCUT2D eigenvalue weighted by molar-refractivity contribution is 0.211. The van der Waals surface area contributed by atoms with Crippen LogP contribution in [0, 0.1) is 6.92 Å². The van der Waals surface area contributed by atoms with Crippen LogP contribution in [-0.2, 0) is 6.54 Å². The Morgan fingerprint density at radius 2 is 1.81 bits per heavy atom. The van der Waals surface area contributed by atoms with Crippen molar-refractivity contribution in [1.82, 2.24) is 15.1 Å². The molecule has 1 N–H and O–H groups in total. The maximum Gasteiger partial charge on any atom is 0.156 e. The van der Waals surface area contributed by atoms with Gasteiger partial charge in [0.05, 0.1) is 12.8 Å². The normalized spacial score (nSPS) is 15.8. The van der Waals surface area contributed by atoms with Crippen LogP contribution in [0.4, 0.5) is 5.82 Å². The minimum absolute atomic E-state index is 0.420. The second-order valence-electron chi connectivity index (χ2n) is 7.23. The molecule has 3 aromatic rings. The van der Waals surface area contributed by atoms with Gasteiger partial charge in [0, 0.05) is 36.4 Å². The number of aryl methyl sites for hydroxylation is 1. The number of nitrogens with zero attached hydrogens (tertiary/aromatic N) is 3. The summed E-state index contributed by atoms with van der Waals surface area (Å²) in [6.07, 6.45) is 2.21. The Labute approximate surface area is 160 Å². The molecule has 2 heterocycles. The van der Waals surface area contributed by atoms with E-state index in [0.717, 1.165) is 60.5 Å². The second-order valence-corrected chi connectivity index (χ2v) is 7.23. The fourth-order valence-electron chi connectivity index (χ4n) is 3.77. The third kappa shape index (κ3) is 4.03. The number of ether oxygens (including phenoxy) is 1. The fraction of sp³-hybridized carbons (Fsp3) is 0.364. The van der Waals surface area contributed by atoms with Crippen LogP contribution in [0.3, 0.4) is 0 Å². The highest BCUT2D eigenvalue weighted by molar-refractivity contribution is 5.94. The summed E-state index contributed by atoms with van der Waals surface area (Å²) in [6.45, 7) is 5.20. The Balaban J connectivity index is 1.44. The molecule has 27 heavy (non-hydrogen) atoms. The Bertz CT molecular complexity index is 905. The zero-order chi connectivity index (χ0) is 18.6. The quantitative estimate of drug-likeness (QED) is 0.743. The van der Waals surface area contributed by atoms with Gasteiger partial charge in [0.2, 0.25) is 0 Å². The number of fused-ring (bicyclic) bond motifs is 1. The van der Waals surface area contributed by atoms with E-state index in [1.807, 2.05) is 19.1 Å². The number of rotatable bonds is 5. The lowest BCUT2D eigenvalue weighted by Crippen LogP contribution is -2.38. The fourth-order valence-corrected chi connectivity index (χ4v) is 3.77. The van der Waals surface area contributed by atoms with Crippen LogP contribution in [0.5, 0.6) is 5.75 Å². The average Bonchev–Trinajstić information content (AvgIpc) is 2.72. The maximum absolute atomic E-state index is 5.40. The number of likely N-dealkylation sites (tertiary alicyclic amines) is 1. The number of hydrogen-bond donors (Lipinski definition) is 1. The first-order valence-corrected chi connectivity index (χ1v) is 9.57. The number of benzene rings is 2. The molecule has 0 bridgehead atoms. The first-order valence-electron chi connectivity index (χ1n) is 9.57. The van der Waals surface area contributed by atoms with Crippen molar-refractivity contribution in [3.63, 3.8) is 0 Å². The maximum atomic E-state index is 5.40. The molecule has 0 saturated carbocycles. The standard InChI is InChI=1S/C22H26N4O/c1-16-20-9-8-19(27-2)14-21(20)22(25-24-16)23-18-10-12-26(13-11-18)15-17-6-4-3-5-7-17/h3-9,14,18H,10-13,15H2,1-2H3,(H,23,25). The van der Waals surface area contributed by atoms with E-state index >= 15 is 0 Å². The Kier molecular flexibility index (Phi) is 5.21. The molecule has 140 valence electrons. The van der Waals surface area contributed by atoms with Crippen molar-refractivity contribution in [3.05, 3.63) is 59.8 Å². The first-order chi connectivity index (χ1) is 13.2. The highest BCUT2D eigenvalue weighted by Gasteiger charge is 2.20. The zero-order valence-corrected chi connectivity index (χ0v) is 16.0. The van der Waals surface area contributed by atoms with E-state index < -0.39 is 0 Å². The topological polar surface area (TPSA) is 50.3 Å². The van der Waals surface area contributed by atoms with Crippen molar-refractivity contribution < 1.29 is 4.74 Å². The molecule has 0 unspecified atom stereocenters. The van der Waals surface area contributed by atoms with Gasteiger partial charge < -0.3 is 10.1 Å². The van der Waals surface area contributed by atoms with Gasteiger partial charge in [0.1, 0.15) is 5.75 Å². The average molecular weight is 362 g/mol. The van der Waals surface area contributed by atoms with E-state index in [9.17, 15) is 0 Å². The van der Waals surface area contributed by atoms with Gasteiger partial charge in [-0.15, -0.1) is 5.10 Å². The second kappa shape index (κ2) is 7.92. The number of hydrogen-bond acceptors (Lipinski definition) is 5. The number of anilines is 1. The van der Waals surface area contributed by atoms with Crippen molar-refractivity contribution in [2.24, 2.45) is 0 Å². The summed E-state index contributed by atoms with van der Waals surface area (Å²) in [5.74, 6) is 1.70. The molecule has 2 aromatic carbocycles. The zero-order valence-electron chi connectivity index (χ0n) is 16.0. The van der Waals surface area contributed by atoms with Gasteiger partial charge in [0.15, 0.2) is 5.82 Å². The van der Waals surface area contributed by atoms with Crippen molar-refractivity contribution in [3.8, 4) is 5.75 Å². The Morgan fingerprint density at radius 3 is 2.56 bits per heavy atom. The third-order valence-corrected chi connectivity index (χ3v) is 5.35. The molecular weight excluding hydrogens is 336 g/mol. The summed E-state index contributed by atoms with van der Waals surface area (Å²) >= 11 is 0. The minimum Gasteiger partial charge on any atom is -0.497 e. The summed E-state index contributed by atoms with van der Waals surface area (Å²) in [7, 11) is 1.69. The predicted octanol–water partition coefficient (Wildman–Crippen LogP) is 4.02. The highest BCUT2D eigenvalue weighted by atomic mass is 16.5. The summed E-state index contributed by atoms with van der Waals surface area (Å²) in [4.78, 5) is 2.52. The monoisotopic (exact) mass is 362 g/mol. The van der Waals surface area contributed by atoms with Crippen LogP contribution in [0.15, 0.2) is 48.5 Å². The van der Waals surface area contributed by atoms with Gasteiger partial charge in [-0.25, -0.2) is 0 Å². The Morgan fingerprint density at radius 1 is 1.04 bits per heavy atom. The van der Waals surface area contributed by atoms with E-state index in [2.05, 4.69) is 56.8 Å². The largest absolute Gasteiger partial charge is 0.497 e. The number of methoxy groups -OCH3 is 1. The lowest BCUT2D eigenvalue weighted by atomic mass is 10.0. The van der Waals surface area contributed by atoms with Crippen LogP contribution in [0.25, 0.3) is 10.8 Å². The predicted molar refractivity (Wildman–Crippen MR) is 109 cm³/mol. The van der Waals surface area contributed by atoms with Gasteiger partial charge in [-0.2, -0.15) is 5.10 Å². The summed E-state index contributed by atoms with van der Waals surface area (Å²) in [6, 6.07) is 17.2. The first kappa shape index (κ1) is 17.7. The molecule has 5 nitrogen and oxygen atoms in total. The molecule has 1 saturated heterocycles. The van der Waals surface area contributed by atoms with Gasteiger partial charge >= 0.3 is 0 Å². The van der Waals surface area contributed by atoms with Gasteiger partial charge in [0.25, 0.3) is 0 Å². The molecule has 1 fully saturated rings. The van der Waals surface area contributed by atoms with Crippen molar-refractivity contribution in [2.45, 2.75) is 32.4 Å². The van der Waals surface area contributed by atoms with E-state index in [4.69, 9.17) is 4.74 Å². The van der Waals surface area contributed by atoms with Crippen LogP contribution in [0.1, 0.15) is 24.1 Å². The molecular formula is C22H26N4O. The van der Waals surface area contributed by atoms with Crippen LogP contribution in [-0.4, -0.2) is 41.3 Å². The molecule has 4 rings (SSSR count). The lowest BCUT2D eigenvalue weighted by Gasteiger charge is -2.32. The third-order valence-electron chi connectivity index (χ3n) is 5.35. The van der Waals surface area contributed by atoms with Crippen molar-refractivity contribution >= 4 is 16.6 Å². The van der Waals surface area contributed by atoms with Crippen LogP contribution < -0.4 is 10.1 Å². The SMILES string of the molecule is COc1ccc2c(C)nnc(NC3CCN(Cc4ccccc4)CC3)c2c1. The summed E-state index contributed by atoms with van der Waals surface area (Å²) < 4.78 is 5.40. The molecule has 1 aliphatic heterocycles. The molecule has 0 amide bonds. The van der Waals surface area contributed by atoms with E-state index in [1.165, 1.54) is 5.56 Å². The van der Waals surface area contributed by atoms with E-state index in [1.54, 1.807) is 7.11 Å². The van der Waals surface area contributed by atoms with E-state index in [-0.39, 0.29) is 0 Å². The van der Waals surface area contributed by atoms with Crippen molar-refractivity contribution in [2.75, 3.05) is 25.5 Å². The molecule has 0 aliphatic carbocycles. The molecule has 1 aromatic heterocycles. The highest BCUT2D eigenvalue weighted by Crippen LogP contribution is 2.28. The molecule has 5 heteroatoms. The number of nitrogens with one attached hydrogen (secondary N) is 1. The summed E-state index contributed by atoms with van der Waals surface area (Å²) in [5.41, 5.74) is 2.32. The number of aromatic nitrogens is 2. The molecule has 0 radical (unpaired) electrons. The number of piperidine rings is 1. The Hall–Kier alpha value is -2.66. The minimum atomic E-state index is 0.420. The van der Waals surface area contributed by atoms with Gasteiger partial charge in [-0.3, -0.25) is 4.90 Å². The van der Waals surface area contributed by atoms with E-state index in [0.29, 0.717) is 6.04 Å². The van der Waals surface area contributed by atoms with Crippen LogP contribution >= 0.6 is 0 Å². The summed E-state index contributed by atoms with van der Waals surface area (Å²) in [5, 5.41) is 14.6. The van der Waals surface area contributed by atoms with Gasteiger partial charge in [-0.1, -0.05) is 30.3 Å². The molecule has 0 atom stereocenters. The molecule has 0 spiro atoms. The van der Waals surface area contributed by atoms with Crippen LogP contribution in [0.2, 0.25) is 0 Å². The van der Waals surface area contributed by atoms with Gasteiger partial charge in [-0.05, 0) is 43.5 Å². The van der Waals surface area contributed by atoms with Crippen molar-refractivity contribution in [1.29, 1.82) is 0 Å². The smallest absolute Gasteiger partial charge is 0.156 e.